The van der Waals surface area contributed by atoms with Crippen LogP contribution in [0.15, 0.2) is 28.7 Å². The van der Waals surface area contributed by atoms with Gasteiger partial charge < -0.3 is 9.84 Å². The molecule has 66 valence electrons. The minimum absolute atomic E-state index is 0.0378. The van der Waals surface area contributed by atoms with E-state index in [0.717, 1.165) is 10.2 Å². The lowest BCUT2D eigenvalue weighted by atomic mass is 10.3. The van der Waals surface area contributed by atoms with Crippen molar-refractivity contribution < 1.29 is 9.84 Å². The van der Waals surface area contributed by atoms with Crippen molar-refractivity contribution in [2.45, 2.75) is 13.0 Å². The molecular weight excluding hydrogens is 220 g/mol. The van der Waals surface area contributed by atoms with Crippen LogP contribution < -0.4 is 4.74 Å². The van der Waals surface area contributed by atoms with Gasteiger partial charge in [-0.15, -0.1) is 0 Å². The van der Waals surface area contributed by atoms with Gasteiger partial charge >= 0.3 is 0 Å². The summed E-state index contributed by atoms with van der Waals surface area (Å²) in [6.07, 6.45) is -0.147. The van der Waals surface area contributed by atoms with Crippen molar-refractivity contribution in [3.63, 3.8) is 0 Å². The molecule has 0 amide bonds. The molecule has 0 aliphatic heterocycles. The summed E-state index contributed by atoms with van der Waals surface area (Å²) >= 11 is 3.32. The van der Waals surface area contributed by atoms with Gasteiger partial charge in [-0.2, -0.15) is 0 Å². The fourth-order valence-electron chi connectivity index (χ4n) is 0.783. The average Bonchev–Trinajstić information content (AvgIpc) is 2.09. The van der Waals surface area contributed by atoms with Gasteiger partial charge in [-0.25, -0.2) is 0 Å². The maximum atomic E-state index is 8.72. The Morgan fingerprint density at radius 2 is 2.00 bits per heavy atom. The molecule has 0 unspecified atom stereocenters. The number of rotatable bonds is 3. The van der Waals surface area contributed by atoms with E-state index in [1.807, 2.05) is 31.2 Å². The van der Waals surface area contributed by atoms with Crippen molar-refractivity contribution in [3.05, 3.63) is 28.7 Å². The van der Waals surface area contributed by atoms with E-state index in [0.29, 0.717) is 0 Å². The average molecular weight is 231 g/mol. The number of aliphatic hydroxyl groups is 1. The molecule has 0 aromatic heterocycles. The van der Waals surface area contributed by atoms with Crippen LogP contribution in [0.5, 0.6) is 5.75 Å². The Bertz CT molecular complexity index is 233. The first-order valence-corrected chi connectivity index (χ1v) is 4.55. The lowest BCUT2D eigenvalue weighted by Gasteiger charge is -2.11. The molecule has 0 heterocycles. The normalized spacial score (nSPS) is 12.6. The Morgan fingerprint density at radius 3 is 2.50 bits per heavy atom. The quantitative estimate of drug-likeness (QED) is 0.864. The molecule has 2 nitrogen and oxygen atoms in total. The van der Waals surface area contributed by atoms with Gasteiger partial charge in [0.05, 0.1) is 6.61 Å². The van der Waals surface area contributed by atoms with Crippen LogP contribution in [-0.2, 0) is 0 Å². The molecule has 1 atom stereocenters. The summed E-state index contributed by atoms with van der Waals surface area (Å²) in [7, 11) is 0. The predicted molar refractivity (Wildman–Crippen MR) is 51.3 cm³/mol. The summed E-state index contributed by atoms with van der Waals surface area (Å²) in [5.41, 5.74) is 0. The zero-order valence-electron chi connectivity index (χ0n) is 6.83. The number of benzene rings is 1. The van der Waals surface area contributed by atoms with Crippen molar-refractivity contribution in [1.82, 2.24) is 0 Å². The van der Waals surface area contributed by atoms with Crippen LogP contribution in [0.2, 0.25) is 0 Å². The van der Waals surface area contributed by atoms with Crippen LogP contribution in [0.3, 0.4) is 0 Å². The van der Waals surface area contributed by atoms with Crippen molar-refractivity contribution in [1.29, 1.82) is 0 Å². The van der Waals surface area contributed by atoms with Gasteiger partial charge in [0.2, 0.25) is 0 Å². The zero-order chi connectivity index (χ0) is 8.97. The van der Waals surface area contributed by atoms with Crippen molar-refractivity contribution in [2.75, 3.05) is 6.61 Å². The summed E-state index contributed by atoms with van der Waals surface area (Å²) < 4.78 is 6.37. The SMILES string of the molecule is C[C@H](CO)Oc1ccc(Br)cc1. The van der Waals surface area contributed by atoms with E-state index in [2.05, 4.69) is 15.9 Å². The first-order chi connectivity index (χ1) is 5.72. The van der Waals surface area contributed by atoms with Gasteiger partial charge in [0.1, 0.15) is 11.9 Å². The van der Waals surface area contributed by atoms with E-state index < -0.39 is 0 Å². The van der Waals surface area contributed by atoms with Gasteiger partial charge in [-0.1, -0.05) is 15.9 Å². The number of halogens is 1. The summed E-state index contributed by atoms with van der Waals surface area (Å²) in [5.74, 6) is 0.778. The highest BCUT2D eigenvalue weighted by Gasteiger charge is 2.00. The third-order valence-corrected chi connectivity index (χ3v) is 1.94. The second kappa shape index (κ2) is 4.48. The maximum absolute atomic E-state index is 8.72. The van der Waals surface area contributed by atoms with Gasteiger partial charge in [0.15, 0.2) is 0 Å². The van der Waals surface area contributed by atoms with Crippen LogP contribution in [0.25, 0.3) is 0 Å². The number of ether oxygens (including phenoxy) is 1. The van der Waals surface area contributed by atoms with E-state index in [1.54, 1.807) is 0 Å². The number of aliphatic hydroxyl groups excluding tert-OH is 1. The fourth-order valence-corrected chi connectivity index (χ4v) is 1.05. The predicted octanol–water partition coefficient (Wildman–Crippen LogP) is 2.21. The van der Waals surface area contributed by atoms with E-state index in [-0.39, 0.29) is 12.7 Å². The Kier molecular flexibility index (Phi) is 3.56. The highest BCUT2D eigenvalue weighted by atomic mass is 79.9. The molecule has 0 fully saturated rings. The molecule has 3 heteroatoms. The first-order valence-electron chi connectivity index (χ1n) is 3.75. The monoisotopic (exact) mass is 230 g/mol. The number of hydrogen-bond donors (Lipinski definition) is 1. The van der Waals surface area contributed by atoms with Crippen LogP contribution in [0.1, 0.15) is 6.92 Å². The Balaban J connectivity index is 2.58. The number of hydrogen-bond acceptors (Lipinski definition) is 2. The minimum Gasteiger partial charge on any atom is -0.488 e. The second-order valence-corrected chi connectivity index (χ2v) is 3.48. The molecule has 0 saturated heterocycles. The fraction of sp³-hybridized carbons (Fsp3) is 0.333. The summed E-state index contributed by atoms with van der Waals surface area (Å²) in [6, 6.07) is 7.52. The second-order valence-electron chi connectivity index (χ2n) is 2.56. The third-order valence-electron chi connectivity index (χ3n) is 1.41. The molecule has 1 aromatic rings. The molecular formula is C9H11BrO2. The van der Waals surface area contributed by atoms with Crippen LogP contribution in [-0.4, -0.2) is 17.8 Å². The highest BCUT2D eigenvalue weighted by Crippen LogP contribution is 2.16. The van der Waals surface area contributed by atoms with E-state index in [1.165, 1.54) is 0 Å². The van der Waals surface area contributed by atoms with Crippen LogP contribution in [0.4, 0.5) is 0 Å². The molecule has 1 rings (SSSR count). The molecule has 0 aliphatic carbocycles. The summed E-state index contributed by atoms with van der Waals surface area (Å²) in [5, 5.41) is 8.72. The Morgan fingerprint density at radius 1 is 1.42 bits per heavy atom. The molecule has 0 spiro atoms. The van der Waals surface area contributed by atoms with Gasteiger partial charge in [-0.05, 0) is 31.2 Å². The van der Waals surface area contributed by atoms with Crippen LogP contribution >= 0.6 is 15.9 Å². The highest BCUT2D eigenvalue weighted by molar-refractivity contribution is 9.10. The van der Waals surface area contributed by atoms with E-state index >= 15 is 0 Å². The molecule has 0 saturated carbocycles. The Labute approximate surface area is 80.3 Å². The maximum Gasteiger partial charge on any atom is 0.119 e. The molecule has 0 bridgehead atoms. The molecule has 0 radical (unpaired) electrons. The summed E-state index contributed by atoms with van der Waals surface area (Å²) in [4.78, 5) is 0. The largest absolute Gasteiger partial charge is 0.488 e. The van der Waals surface area contributed by atoms with E-state index in [9.17, 15) is 0 Å². The molecule has 12 heavy (non-hydrogen) atoms. The van der Waals surface area contributed by atoms with Crippen LogP contribution in [0, 0.1) is 0 Å². The lowest BCUT2D eigenvalue weighted by molar-refractivity contribution is 0.129. The van der Waals surface area contributed by atoms with Gasteiger partial charge in [-0.3, -0.25) is 0 Å². The van der Waals surface area contributed by atoms with Gasteiger partial charge in [0.25, 0.3) is 0 Å². The van der Waals surface area contributed by atoms with Crippen molar-refractivity contribution in [3.8, 4) is 5.75 Å². The minimum atomic E-state index is -0.147. The van der Waals surface area contributed by atoms with E-state index in [4.69, 9.17) is 9.84 Å². The van der Waals surface area contributed by atoms with Gasteiger partial charge in [0, 0.05) is 4.47 Å². The van der Waals surface area contributed by atoms with Crippen molar-refractivity contribution >= 4 is 15.9 Å². The molecule has 1 aromatic carbocycles. The third kappa shape index (κ3) is 2.83. The Hall–Kier alpha value is -0.540. The topological polar surface area (TPSA) is 29.5 Å². The first kappa shape index (κ1) is 9.55. The standard InChI is InChI=1S/C9H11BrO2/c1-7(6-11)12-9-4-2-8(10)3-5-9/h2-5,7,11H,6H2,1H3/t7-/m1/s1. The van der Waals surface area contributed by atoms with Crippen molar-refractivity contribution in [2.24, 2.45) is 0 Å². The summed E-state index contributed by atoms with van der Waals surface area (Å²) in [6.45, 7) is 1.86. The molecule has 0 aliphatic rings. The smallest absolute Gasteiger partial charge is 0.119 e. The zero-order valence-corrected chi connectivity index (χ0v) is 8.41. The molecule has 1 N–H and O–H groups in total. The lowest BCUT2D eigenvalue weighted by Crippen LogP contribution is -2.15.